The van der Waals surface area contributed by atoms with Gasteiger partial charge in [0.15, 0.2) is 0 Å². The van der Waals surface area contributed by atoms with Crippen LogP contribution in [0.15, 0.2) is 42.5 Å². The van der Waals surface area contributed by atoms with Crippen molar-refractivity contribution in [3.8, 4) is 11.8 Å². The topological polar surface area (TPSA) is 53.3 Å². The van der Waals surface area contributed by atoms with Crippen LogP contribution in [0.25, 0.3) is 0 Å². The lowest BCUT2D eigenvalue weighted by Crippen LogP contribution is -2.74. The van der Waals surface area contributed by atoms with Gasteiger partial charge in [0.2, 0.25) is 0 Å². The molecular weight excluding hydrogens is 372 g/mol. The van der Waals surface area contributed by atoms with Crippen LogP contribution in [0.3, 0.4) is 0 Å². The first kappa shape index (κ1) is 18.8. The minimum atomic E-state index is -0.235. The minimum Gasteiger partial charge on any atom is -0.489 e. The summed E-state index contributed by atoms with van der Waals surface area (Å²) >= 11 is 6.16. The van der Waals surface area contributed by atoms with Crippen LogP contribution in [0.4, 0.5) is 0 Å². The highest BCUT2D eigenvalue weighted by atomic mass is 35.5. The molecule has 0 N–H and O–H groups in total. The molecule has 4 rings (SSSR count). The number of hydrogen-bond donors (Lipinski definition) is 0. The number of amides is 1. The Morgan fingerprint density at radius 2 is 1.82 bits per heavy atom. The van der Waals surface area contributed by atoms with Crippen LogP contribution < -0.4 is 4.74 Å². The quantitative estimate of drug-likeness (QED) is 0.731. The van der Waals surface area contributed by atoms with E-state index in [0.29, 0.717) is 22.9 Å². The van der Waals surface area contributed by atoms with Gasteiger partial charge in [-0.3, -0.25) is 4.79 Å². The maximum atomic E-state index is 13.0. The monoisotopic (exact) mass is 394 g/mol. The Morgan fingerprint density at radius 3 is 2.43 bits per heavy atom. The second-order valence-electron chi connectivity index (χ2n) is 8.89. The molecule has 0 aromatic heterocycles. The predicted molar refractivity (Wildman–Crippen MR) is 108 cm³/mol. The summed E-state index contributed by atoms with van der Waals surface area (Å²) in [6, 6.07) is 15.1. The van der Waals surface area contributed by atoms with Crippen molar-refractivity contribution in [3.05, 3.63) is 64.2 Å². The van der Waals surface area contributed by atoms with E-state index < -0.39 is 0 Å². The van der Waals surface area contributed by atoms with Crippen molar-refractivity contribution in [2.45, 2.75) is 46.4 Å². The lowest BCUT2D eigenvalue weighted by atomic mass is 9.49. The Bertz CT molecular complexity index is 990. The largest absolute Gasteiger partial charge is 0.489 e. The van der Waals surface area contributed by atoms with Crippen molar-refractivity contribution in [1.29, 1.82) is 5.26 Å². The fourth-order valence-corrected chi connectivity index (χ4v) is 5.71. The average molecular weight is 395 g/mol. The van der Waals surface area contributed by atoms with Crippen LogP contribution in [-0.4, -0.2) is 23.0 Å². The van der Waals surface area contributed by atoms with Gasteiger partial charge in [-0.15, -0.1) is 0 Å². The molecule has 5 heteroatoms. The summed E-state index contributed by atoms with van der Waals surface area (Å²) in [4.78, 5) is 15.0. The summed E-state index contributed by atoms with van der Waals surface area (Å²) in [7, 11) is 0. The highest BCUT2D eigenvalue weighted by Gasteiger charge is 2.66. The van der Waals surface area contributed by atoms with Crippen molar-refractivity contribution >= 4 is 17.5 Å². The third-order valence-corrected chi connectivity index (χ3v) is 6.55. The zero-order valence-corrected chi connectivity index (χ0v) is 17.2. The molecular formula is C23H23ClN2O2. The third kappa shape index (κ3) is 2.61. The van der Waals surface area contributed by atoms with Gasteiger partial charge in [0.05, 0.1) is 10.6 Å². The maximum absolute atomic E-state index is 13.0. The standard InChI is InChI=1S/C23H23ClN2O2/c1-22(2)20(26-13-15-7-5-6-8-17(15)19(26)27)23(3,4)21(22)28-16-10-9-14(12-25)18(24)11-16/h5-11,20-21H,13H2,1-4H3. The molecule has 0 unspecified atom stereocenters. The van der Waals surface area contributed by atoms with E-state index in [9.17, 15) is 4.79 Å². The zero-order valence-electron chi connectivity index (χ0n) is 16.5. The number of hydrogen-bond acceptors (Lipinski definition) is 3. The molecule has 0 atom stereocenters. The highest BCUT2D eigenvalue weighted by Crippen LogP contribution is 2.59. The molecule has 1 amide bonds. The van der Waals surface area contributed by atoms with Crippen molar-refractivity contribution in [2.75, 3.05) is 0 Å². The van der Waals surface area contributed by atoms with E-state index in [1.807, 2.05) is 29.2 Å². The first-order chi connectivity index (χ1) is 13.2. The molecule has 28 heavy (non-hydrogen) atoms. The maximum Gasteiger partial charge on any atom is 0.254 e. The predicted octanol–water partition coefficient (Wildman–Crippen LogP) is 5.05. The van der Waals surface area contributed by atoms with Crippen LogP contribution in [0.2, 0.25) is 5.02 Å². The molecule has 2 aromatic rings. The normalized spacial score (nSPS) is 24.3. The molecule has 0 saturated heterocycles. The Kier molecular flexibility index (Phi) is 4.21. The van der Waals surface area contributed by atoms with Gasteiger partial charge in [0.1, 0.15) is 17.9 Å². The van der Waals surface area contributed by atoms with E-state index in [-0.39, 0.29) is 28.9 Å². The Balaban J connectivity index is 1.60. The van der Waals surface area contributed by atoms with E-state index >= 15 is 0 Å². The number of halogens is 1. The van der Waals surface area contributed by atoms with Gasteiger partial charge in [-0.05, 0) is 23.8 Å². The van der Waals surface area contributed by atoms with Crippen molar-refractivity contribution in [3.63, 3.8) is 0 Å². The van der Waals surface area contributed by atoms with E-state index in [4.69, 9.17) is 21.6 Å². The third-order valence-electron chi connectivity index (χ3n) is 6.24. The lowest BCUT2D eigenvalue weighted by Gasteiger charge is -2.65. The molecule has 2 aliphatic rings. The van der Waals surface area contributed by atoms with Crippen LogP contribution >= 0.6 is 11.6 Å². The van der Waals surface area contributed by atoms with Gasteiger partial charge >= 0.3 is 0 Å². The molecule has 144 valence electrons. The fraction of sp³-hybridized carbons (Fsp3) is 0.391. The Hall–Kier alpha value is -2.51. The average Bonchev–Trinajstić information content (AvgIpc) is 2.95. The second kappa shape index (κ2) is 6.25. The van der Waals surface area contributed by atoms with E-state index in [1.54, 1.807) is 18.2 Å². The summed E-state index contributed by atoms with van der Waals surface area (Å²) in [5.41, 5.74) is 1.85. The molecule has 0 radical (unpaired) electrons. The molecule has 2 aromatic carbocycles. The first-order valence-corrected chi connectivity index (χ1v) is 9.81. The number of rotatable bonds is 3. The highest BCUT2D eigenvalue weighted by molar-refractivity contribution is 6.31. The number of nitriles is 1. The Morgan fingerprint density at radius 1 is 1.14 bits per heavy atom. The molecule has 1 saturated carbocycles. The Labute approximate surface area is 170 Å². The van der Waals surface area contributed by atoms with E-state index in [1.165, 1.54) is 0 Å². The molecule has 1 heterocycles. The molecule has 0 bridgehead atoms. The van der Waals surface area contributed by atoms with Crippen LogP contribution in [0.5, 0.6) is 5.75 Å². The molecule has 1 aliphatic heterocycles. The SMILES string of the molecule is CC1(C)C(Oc2ccc(C#N)c(Cl)c2)C(C)(C)C1N1Cc2ccccc2C1=O. The van der Waals surface area contributed by atoms with E-state index in [0.717, 1.165) is 11.1 Å². The lowest BCUT2D eigenvalue weighted by molar-refractivity contribution is -0.199. The minimum absolute atomic E-state index is 0.0544. The number of benzene rings is 2. The van der Waals surface area contributed by atoms with Gasteiger partial charge in [0.25, 0.3) is 5.91 Å². The van der Waals surface area contributed by atoms with Gasteiger partial charge in [-0.2, -0.15) is 5.26 Å². The second-order valence-corrected chi connectivity index (χ2v) is 9.29. The van der Waals surface area contributed by atoms with E-state index in [2.05, 4.69) is 33.8 Å². The molecule has 0 spiro atoms. The smallest absolute Gasteiger partial charge is 0.254 e. The number of carbonyl (C=O) groups excluding carboxylic acids is 1. The summed E-state index contributed by atoms with van der Waals surface area (Å²) in [6.45, 7) is 9.23. The van der Waals surface area contributed by atoms with Gasteiger partial charge in [0, 0.05) is 35.0 Å². The molecule has 4 nitrogen and oxygen atoms in total. The van der Waals surface area contributed by atoms with Gasteiger partial charge in [-0.1, -0.05) is 57.5 Å². The van der Waals surface area contributed by atoms with Crippen LogP contribution in [0, 0.1) is 22.2 Å². The number of fused-ring (bicyclic) bond motifs is 1. The van der Waals surface area contributed by atoms with Crippen molar-refractivity contribution in [1.82, 2.24) is 4.90 Å². The zero-order chi connectivity index (χ0) is 20.3. The van der Waals surface area contributed by atoms with Crippen molar-refractivity contribution in [2.24, 2.45) is 10.8 Å². The van der Waals surface area contributed by atoms with Crippen molar-refractivity contribution < 1.29 is 9.53 Å². The van der Waals surface area contributed by atoms with Crippen LogP contribution in [-0.2, 0) is 6.54 Å². The summed E-state index contributed by atoms with van der Waals surface area (Å²) in [5.74, 6) is 0.742. The number of ether oxygens (including phenoxy) is 1. The fourth-order valence-electron chi connectivity index (χ4n) is 5.50. The molecule has 1 aliphatic carbocycles. The first-order valence-electron chi connectivity index (χ1n) is 9.43. The molecule has 1 fully saturated rings. The van der Waals surface area contributed by atoms with Crippen LogP contribution in [0.1, 0.15) is 49.2 Å². The summed E-state index contributed by atoms with van der Waals surface area (Å²) in [5, 5.41) is 9.44. The van der Waals surface area contributed by atoms with Gasteiger partial charge < -0.3 is 9.64 Å². The van der Waals surface area contributed by atoms with Gasteiger partial charge in [-0.25, -0.2) is 0 Å². The summed E-state index contributed by atoms with van der Waals surface area (Å²) in [6.07, 6.45) is -0.0921. The number of carbonyl (C=O) groups is 1. The summed E-state index contributed by atoms with van der Waals surface area (Å²) < 4.78 is 6.33. The number of nitrogens with zero attached hydrogens (tertiary/aromatic N) is 2.